The smallest absolute Gasteiger partial charge is 0.374 e. The van der Waals surface area contributed by atoms with E-state index < -0.39 is 16.5 Å². The molecule has 0 aliphatic heterocycles. The third-order valence-corrected chi connectivity index (χ3v) is 4.55. The number of rotatable bonds is 6. The van der Waals surface area contributed by atoms with Crippen molar-refractivity contribution in [2.45, 2.75) is 0 Å². The molecule has 9 nitrogen and oxygen atoms in total. The lowest BCUT2D eigenvalue weighted by Crippen LogP contribution is -2.30. The second-order valence-corrected chi connectivity index (χ2v) is 7.15. The molecule has 12 heteroatoms. The van der Waals surface area contributed by atoms with Crippen LogP contribution in [0.15, 0.2) is 53.3 Å². The van der Waals surface area contributed by atoms with E-state index in [0.717, 1.165) is 10.8 Å². The van der Waals surface area contributed by atoms with Gasteiger partial charge in [0.05, 0.1) is 15.5 Å². The van der Waals surface area contributed by atoms with Crippen LogP contribution in [0.2, 0.25) is 10.0 Å². The SMILES string of the molecule is O=C(NNc1ncnc(Oc2ccc(Br)cc2)c1[N+](=O)[O-])c1ccc(Cl)cc1Cl. The monoisotopic (exact) mass is 497 g/mol. The van der Waals surface area contributed by atoms with Crippen molar-refractivity contribution in [3.8, 4) is 11.6 Å². The topological polar surface area (TPSA) is 119 Å². The Morgan fingerprint density at radius 3 is 2.52 bits per heavy atom. The van der Waals surface area contributed by atoms with Gasteiger partial charge in [0.15, 0.2) is 0 Å². The van der Waals surface area contributed by atoms with Crippen molar-refractivity contribution < 1.29 is 14.5 Å². The van der Waals surface area contributed by atoms with Crippen molar-refractivity contribution >= 4 is 56.5 Å². The number of ether oxygens (including phenoxy) is 1. The second-order valence-electron chi connectivity index (χ2n) is 5.39. The summed E-state index contributed by atoms with van der Waals surface area (Å²) in [6.45, 7) is 0. The first kappa shape index (κ1) is 20.8. The molecule has 29 heavy (non-hydrogen) atoms. The molecule has 0 bridgehead atoms. The fourth-order valence-electron chi connectivity index (χ4n) is 2.16. The van der Waals surface area contributed by atoms with Crippen LogP contribution in [0.3, 0.4) is 0 Å². The zero-order valence-electron chi connectivity index (χ0n) is 14.2. The lowest BCUT2D eigenvalue weighted by Gasteiger charge is -2.11. The molecule has 0 aliphatic rings. The third-order valence-electron chi connectivity index (χ3n) is 3.47. The van der Waals surface area contributed by atoms with Crippen molar-refractivity contribution in [2.75, 3.05) is 5.43 Å². The van der Waals surface area contributed by atoms with E-state index in [1.54, 1.807) is 24.3 Å². The van der Waals surface area contributed by atoms with E-state index in [0.29, 0.717) is 10.8 Å². The Hall–Kier alpha value is -2.95. The normalized spacial score (nSPS) is 10.3. The third kappa shape index (κ3) is 5.11. The summed E-state index contributed by atoms with van der Waals surface area (Å²) in [4.78, 5) is 30.7. The highest BCUT2D eigenvalue weighted by atomic mass is 79.9. The molecule has 148 valence electrons. The summed E-state index contributed by atoms with van der Waals surface area (Å²) in [6.07, 6.45) is 1.06. The average Bonchev–Trinajstić information content (AvgIpc) is 2.67. The second kappa shape index (κ2) is 9.03. The van der Waals surface area contributed by atoms with Gasteiger partial charge in [-0.15, -0.1) is 0 Å². The number of hydrazine groups is 1. The van der Waals surface area contributed by atoms with Gasteiger partial charge in [0.1, 0.15) is 12.1 Å². The van der Waals surface area contributed by atoms with Crippen molar-refractivity contribution in [1.29, 1.82) is 0 Å². The molecule has 0 fully saturated rings. The molecular formula is C17H10BrCl2N5O4. The molecule has 0 unspecified atom stereocenters. The number of halogens is 3. The van der Waals surface area contributed by atoms with Crippen LogP contribution in [0.25, 0.3) is 0 Å². The summed E-state index contributed by atoms with van der Waals surface area (Å²) in [6, 6.07) is 10.9. The fourth-order valence-corrected chi connectivity index (χ4v) is 2.92. The largest absolute Gasteiger partial charge is 0.434 e. The van der Waals surface area contributed by atoms with E-state index >= 15 is 0 Å². The summed E-state index contributed by atoms with van der Waals surface area (Å²) in [7, 11) is 0. The van der Waals surface area contributed by atoms with Crippen LogP contribution < -0.4 is 15.6 Å². The first-order valence-electron chi connectivity index (χ1n) is 7.79. The maximum absolute atomic E-state index is 12.3. The van der Waals surface area contributed by atoms with Gasteiger partial charge in [-0.3, -0.25) is 25.8 Å². The van der Waals surface area contributed by atoms with E-state index in [9.17, 15) is 14.9 Å². The highest BCUT2D eigenvalue weighted by Crippen LogP contribution is 2.34. The predicted molar refractivity (Wildman–Crippen MR) is 110 cm³/mol. The number of hydrogen-bond acceptors (Lipinski definition) is 7. The lowest BCUT2D eigenvalue weighted by molar-refractivity contribution is -0.385. The summed E-state index contributed by atoms with van der Waals surface area (Å²) < 4.78 is 6.30. The Morgan fingerprint density at radius 2 is 1.86 bits per heavy atom. The molecule has 1 amide bonds. The number of hydrogen-bond donors (Lipinski definition) is 2. The molecule has 1 aromatic heterocycles. The maximum atomic E-state index is 12.3. The van der Waals surface area contributed by atoms with Crippen LogP contribution in [0.4, 0.5) is 11.5 Å². The van der Waals surface area contributed by atoms with Gasteiger partial charge in [-0.2, -0.15) is 4.98 Å². The highest BCUT2D eigenvalue weighted by molar-refractivity contribution is 9.10. The molecule has 0 saturated carbocycles. The van der Waals surface area contributed by atoms with Gasteiger partial charge in [-0.25, -0.2) is 4.98 Å². The van der Waals surface area contributed by atoms with Gasteiger partial charge >= 0.3 is 11.6 Å². The van der Waals surface area contributed by atoms with E-state index in [2.05, 4.69) is 36.7 Å². The van der Waals surface area contributed by atoms with E-state index in [1.165, 1.54) is 18.2 Å². The molecule has 0 atom stereocenters. The Labute approximate surface area is 182 Å². The van der Waals surface area contributed by atoms with Gasteiger partial charge < -0.3 is 4.74 Å². The molecule has 0 spiro atoms. The Bertz CT molecular complexity index is 1080. The summed E-state index contributed by atoms with van der Waals surface area (Å²) >= 11 is 15.1. The average molecular weight is 499 g/mol. The number of nitro groups is 1. The fraction of sp³-hybridized carbons (Fsp3) is 0. The first-order chi connectivity index (χ1) is 13.8. The Balaban J connectivity index is 1.82. The molecule has 3 rings (SSSR count). The van der Waals surface area contributed by atoms with Gasteiger partial charge in [-0.05, 0) is 42.5 Å². The van der Waals surface area contributed by atoms with Crippen LogP contribution in [0.5, 0.6) is 11.6 Å². The minimum Gasteiger partial charge on any atom is -0.434 e. The van der Waals surface area contributed by atoms with Crippen molar-refractivity contribution in [2.24, 2.45) is 0 Å². The van der Waals surface area contributed by atoms with E-state index in [-0.39, 0.29) is 22.3 Å². The molecule has 0 radical (unpaired) electrons. The first-order valence-corrected chi connectivity index (χ1v) is 9.34. The summed E-state index contributed by atoms with van der Waals surface area (Å²) in [5.41, 5.74) is 4.25. The van der Waals surface area contributed by atoms with Crippen LogP contribution in [-0.2, 0) is 0 Å². The van der Waals surface area contributed by atoms with Gasteiger partial charge in [0.25, 0.3) is 5.91 Å². The molecule has 0 aliphatic carbocycles. The number of carbonyl (C=O) groups is 1. The number of nitrogens with zero attached hydrogens (tertiary/aromatic N) is 3. The zero-order chi connectivity index (χ0) is 21.0. The molecule has 2 N–H and O–H groups in total. The van der Waals surface area contributed by atoms with Crippen LogP contribution in [0, 0.1) is 10.1 Å². The lowest BCUT2D eigenvalue weighted by atomic mass is 10.2. The van der Waals surface area contributed by atoms with Crippen LogP contribution >= 0.6 is 39.1 Å². The quantitative estimate of drug-likeness (QED) is 0.362. The number of amides is 1. The minimum atomic E-state index is -0.724. The molecule has 3 aromatic rings. The minimum absolute atomic E-state index is 0.117. The van der Waals surface area contributed by atoms with Gasteiger partial charge in [0, 0.05) is 9.50 Å². The summed E-state index contributed by atoms with van der Waals surface area (Å²) in [5.74, 6) is -0.878. The molecule has 2 aromatic carbocycles. The van der Waals surface area contributed by atoms with Crippen molar-refractivity contribution in [3.05, 3.63) is 79.0 Å². The standard InChI is InChI=1S/C17H10BrCl2N5O4/c18-9-1-4-11(5-2-9)29-17-14(25(27)28)15(21-8-22-17)23-24-16(26)12-6-3-10(19)7-13(12)20/h1-8H,(H,24,26)(H,21,22,23). The molecule has 0 saturated heterocycles. The molecular weight excluding hydrogens is 489 g/mol. The maximum Gasteiger partial charge on any atom is 0.374 e. The number of aromatic nitrogens is 2. The van der Waals surface area contributed by atoms with Crippen molar-refractivity contribution in [3.63, 3.8) is 0 Å². The number of carbonyl (C=O) groups excluding carboxylic acids is 1. The van der Waals surface area contributed by atoms with Gasteiger partial charge in [-0.1, -0.05) is 39.1 Å². The van der Waals surface area contributed by atoms with E-state index in [4.69, 9.17) is 27.9 Å². The van der Waals surface area contributed by atoms with Crippen molar-refractivity contribution in [1.82, 2.24) is 15.4 Å². The molecule has 1 heterocycles. The number of anilines is 1. The van der Waals surface area contributed by atoms with Gasteiger partial charge in [0.2, 0.25) is 5.82 Å². The summed E-state index contributed by atoms with van der Waals surface area (Å²) in [5, 5.41) is 12.0. The predicted octanol–water partition coefficient (Wildman–Crippen LogP) is 5.00. The van der Waals surface area contributed by atoms with E-state index in [1.807, 2.05) is 0 Å². The zero-order valence-corrected chi connectivity index (χ0v) is 17.3. The van der Waals surface area contributed by atoms with Crippen LogP contribution in [-0.4, -0.2) is 20.8 Å². The number of nitrogens with one attached hydrogen (secondary N) is 2. The number of benzene rings is 2. The Morgan fingerprint density at radius 1 is 1.14 bits per heavy atom. The Kier molecular flexibility index (Phi) is 6.47. The van der Waals surface area contributed by atoms with Crippen LogP contribution in [0.1, 0.15) is 10.4 Å². The highest BCUT2D eigenvalue weighted by Gasteiger charge is 2.25.